The van der Waals surface area contributed by atoms with Gasteiger partial charge in [0.05, 0.1) is 13.2 Å². The fourth-order valence-electron chi connectivity index (χ4n) is 4.31. The van der Waals surface area contributed by atoms with Crippen LogP contribution in [-0.4, -0.2) is 59.9 Å². The quantitative estimate of drug-likeness (QED) is 0.0192. The van der Waals surface area contributed by atoms with Crippen molar-refractivity contribution in [3.63, 3.8) is 0 Å². The number of ether oxygens (including phenoxy) is 2. The maximum absolute atomic E-state index is 12.5. The van der Waals surface area contributed by atoms with Crippen LogP contribution in [0.2, 0.25) is 0 Å². The first kappa shape index (κ1) is 48.7. The van der Waals surface area contributed by atoms with Crippen molar-refractivity contribution < 1.29 is 47.5 Å². The van der Waals surface area contributed by atoms with E-state index in [0.717, 1.165) is 38.5 Å². The Morgan fingerprint density at radius 2 is 1.19 bits per heavy atom. The van der Waals surface area contributed by atoms with Crippen LogP contribution in [-0.2, 0) is 37.5 Å². The van der Waals surface area contributed by atoms with Gasteiger partial charge >= 0.3 is 25.7 Å². The monoisotopic (exact) mass is 749 g/mol. The summed E-state index contributed by atoms with van der Waals surface area (Å²) < 4.78 is 32.4. The van der Waals surface area contributed by atoms with Crippen molar-refractivity contribution >= 4 is 25.7 Å². The first-order valence-corrected chi connectivity index (χ1v) is 20.2. The number of carboxylic acids is 1. The van der Waals surface area contributed by atoms with E-state index < -0.39 is 57.7 Å². The predicted molar refractivity (Wildman–Crippen MR) is 207 cm³/mol. The number of phosphoric acid groups is 1. The van der Waals surface area contributed by atoms with Gasteiger partial charge in [-0.05, 0) is 51.4 Å². The lowest BCUT2D eigenvalue weighted by Gasteiger charge is -2.20. The van der Waals surface area contributed by atoms with Crippen molar-refractivity contribution in [2.45, 2.75) is 129 Å². The van der Waals surface area contributed by atoms with E-state index in [9.17, 15) is 23.8 Å². The molecular formula is C40H64NO10P. The van der Waals surface area contributed by atoms with Crippen molar-refractivity contribution in [3.8, 4) is 0 Å². The van der Waals surface area contributed by atoms with Gasteiger partial charge in [0, 0.05) is 12.8 Å². The average Bonchev–Trinajstić information content (AvgIpc) is 3.12. The molecule has 0 fully saturated rings. The molecule has 0 aromatic heterocycles. The molecule has 0 aromatic carbocycles. The number of carbonyl (C=O) groups is 3. The summed E-state index contributed by atoms with van der Waals surface area (Å²) >= 11 is 0. The molecule has 0 bridgehead atoms. The van der Waals surface area contributed by atoms with Gasteiger partial charge in [0.25, 0.3) is 0 Å². The Bertz CT molecular complexity index is 1200. The second-order valence-corrected chi connectivity index (χ2v) is 13.5. The maximum Gasteiger partial charge on any atom is 0.472 e. The second-order valence-electron chi connectivity index (χ2n) is 12.1. The summed E-state index contributed by atoms with van der Waals surface area (Å²) in [6.45, 7) is 2.50. The summed E-state index contributed by atoms with van der Waals surface area (Å²) in [7, 11) is -4.74. The van der Waals surface area contributed by atoms with E-state index in [4.69, 9.17) is 24.8 Å². The third-order valence-electron chi connectivity index (χ3n) is 7.27. The zero-order valence-corrected chi connectivity index (χ0v) is 32.3. The topological polar surface area (TPSA) is 172 Å². The molecule has 294 valence electrons. The Morgan fingerprint density at radius 1 is 0.635 bits per heavy atom. The van der Waals surface area contributed by atoms with Crippen LogP contribution in [0.15, 0.2) is 85.1 Å². The molecule has 11 nitrogen and oxygen atoms in total. The van der Waals surface area contributed by atoms with E-state index >= 15 is 0 Å². The van der Waals surface area contributed by atoms with Crippen LogP contribution in [0, 0.1) is 0 Å². The van der Waals surface area contributed by atoms with Gasteiger partial charge in [-0.3, -0.25) is 23.4 Å². The number of allylic oxidation sites excluding steroid dienone is 14. The number of carbonyl (C=O) groups excluding carboxylic acids is 2. The average molecular weight is 750 g/mol. The number of nitrogens with two attached hydrogens (primary N) is 1. The van der Waals surface area contributed by atoms with Crippen molar-refractivity contribution in [1.29, 1.82) is 0 Å². The van der Waals surface area contributed by atoms with Gasteiger partial charge in [0.15, 0.2) is 6.10 Å². The fourth-order valence-corrected chi connectivity index (χ4v) is 5.09. The predicted octanol–water partition coefficient (Wildman–Crippen LogP) is 9.16. The molecule has 0 rings (SSSR count). The molecule has 0 aromatic rings. The molecule has 2 unspecified atom stereocenters. The van der Waals surface area contributed by atoms with Crippen LogP contribution in [0.5, 0.6) is 0 Å². The number of hydrogen-bond donors (Lipinski definition) is 3. The minimum absolute atomic E-state index is 0.0401. The molecule has 52 heavy (non-hydrogen) atoms. The van der Waals surface area contributed by atoms with E-state index in [1.165, 1.54) is 38.5 Å². The molecule has 0 saturated heterocycles. The zero-order valence-electron chi connectivity index (χ0n) is 31.4. The van der Waals surface area contributed by atoms with Crippen molar-refractivity contribution in [3.05, 3.63) is 85.1 Å². The van der Waals surface area contributed by atoms with Gasteiger partial charge in [-0.15, -0.1) is 0 Å². The number of unbranched alkanes of at least 4 members (excludes halogenated alkanes) is 9. The Labute approximate surface area is 312 Å². The van der Waals surface area contributed by atoms with Crippen LogP contribution in [0.25, 0.3) is 0 Å². The molecule has 12 heteroatoms. The third kappa shape index (κ3) is 33.8. The van der Waals surface area contributed by atoms with Crippen LogP contribution in [0.3, 0.4) is 0 Å². The molecule has 0 radical (unpaired) electrons. The summed E-state index contributed by atoms with van der Waals surface area (Å²) in [5.74, 6) is -2.53. The van der Waals surface area contributed by atoms with E-state index in [1.54, 1.807) is 0 Å². The molecule has 4 N–H and O–H groups in total. The number of rotatable bonds is 33. The summed E-state index contributed by atoms with van der Waals surface area (Å²) in [6.07, 6.45) is 41.0. The first-order chi connectivity index (χ1) is 25.1. The number of carboxylic acid groups (broad SMARTS) is 1. The van der Waals surface area contributed by atoms with Gasteiger partial charge < -0.3 is 25.2 Å². The Hall–Kier alpha value is -3.34. The number of phosphoric ester groups is 1. The van der Waals surface area contributed by atoms with Crippen LogP contribution >= 0.6 is 7.82 Å². The van der Waals surface area contributed by atoms with Crippen molar-refractivity contribution in [1.82, 2.24) is 0 Å². The molecule has 0 aliphatic heterocycles. The third-order valence-corrected chi connectivity index (χ3v) is 8.22. The van der Waals surface area contributed by atoms with Crippen LogP contribution in [0.4, 0.5) is 0 Å². The van der Waals surface area contributed by atoms with E-state index in [2.05, 4.69) is 42.7 Å². The molecule has 0 aliphatic rings. The minimum Gasteiger partial charge on any atom is -0.480 e. The Morgan fingerprint density at radius 3 is 1.85 bits per heavy atom. The van der Waals surface area contributed by atoms with Gasteiger partial charge in [0.1, 0.15) is 12.6 Å². The highest BCUT2D eigenvalue weighted by molar-refractivity contribution is 7.47. The molecular weight excluding hydrogens is 685 g/mol. The van der Waals surface area contributed by atoms with Gasteiger partial charge in [0.2, 0.25) is 0 Å². The number of esters is 2. The molecule has 0 heterocycles. The lowest BCUT2D eigenvalue weighted by atomic mass is 10.1. The second kappa shape index (κ2) is 34.7. The highest BCUT2D eigenvalue weighted by Gasteiger charge is 2.28. The van der Waals surface area contributed by atoms with Crippen molar-refractivity contribution in [2.75, 3.05) is 19.8 Å². The van der Waals surface area contributed by atoms with Crippen LogP contribution in [0.1, 0.15) is 117 Å². The molecule has 0 saturated carbocycles. The molecule has 0 spiro atoms. The summed E-state index contributed by atoms with van der Waals surface area (Å²) in [6, 6.07) is -1.54. The zero-order chi connectivity index (χ0) is 38.5. The summed E-state index contributed by atoms with van der Waals surface area (Å²) in [5, 5.41) is 8.85. The minimum atomic E-state index is -4.74. The number of hydrogen-bond acceptors (Lipinski definition) is 9. The highest BCUT2D eigenvalue weighted by Crippen LogP contribution is 2.43. The molecule has 0 amide bonds. The maximum atomic E-state index is 12.5. The van der Waals surface area contributed by atoms with Gasteiger partial charge in [-0.1, -0.05) is 137 Å². The lowest BCUT2D eigenvalue weighted by molar-refractivity contribution is -0.161. The van der Waals surface area contributed by atoms with Crippen LogP contribution < -0.4 is 5.73 Å². The Kier molecular flexibility index (Phi) is 32.5. The lowest BCUT2D eigenvalue weighted by Crippen LogP contribution is -2.34. The standard InChI is InChI=1S/C40H64NO10P/c1-3-5-7-9-11-13-15-17-18-20-21-23-25-27-29-31-38(42)48-33-36(34-49-52(46,47)50-35-37(41)40(44)45)51-39(43)32-30-28-26-24-22-19-16-14-12-10-8-6-4-2/h5,7,9,11,13,15,17-22,26,28,36-37H,3-4,6,8,10,12,14,16,23-25,27,29-35,41H2,1-2H3,(H,44,45)(H,46,47)/b7-5+,11-9+,15-13+,18-17+,21-20+,22-19+,28-26+/t36?,37-/m0/s1. The number of aliphatic carboxylic acids is 1. The largest absolute Gasteiger partial charge is 0.480 e. The summed E-state index contributed by atoms with van der Waals surface area (Å²) in [5.41, 5.74) is 5.30. The van der Waals surface area contributed by atoms with E-state index in [0.29, 0.717) is 12.8 Å². The Balaban J connectivity index is 4.64. The first-order valence-electron chi connectivity index (χ1n) is 18.7. The molecule has 0 aliphatic carbocycles. The SMILES string of the molecule is CC/C=C/C=C/C=C/C=C/C=C/CCCCCC(=O)OCC(COP(=O)(O)OC[C@H](N)C(=O)O)OC(=O)CC/C=C/C/C=C/CCCCCCCC. The molecule has 3 atom stereocenters. The van der Waals surface area contributed by atoms with Gasteiger partial charge in [-0.25, -0.2) is 4.57 Å². The van der Waals surface area contributed by atoms with Crippen molar-refractivity contribution in [2.24, 2.45) is 5.73 Å². The van der Waals surface area contributed by atoms with E-state index in [-0.39, 0.29) is 12.8 Å². The fraction of sp³-hybridized carbons (Fsp3) is 0.575. The summed E-state index contributed by atoms with van der Waals surface area (Å²) in [4.78, 5) is 45.7. The van der Waals surface area contributed by atoms with E-state index in [1.807, 2.05) is 60.8 Å². The highest BCUT2D eigenvalue weighted by atomic mass is 31.2. The van der Waals surface area contributed by atoms with Gasteiger partial charge in [-0.2, -0.15) is 0 Å². The normalized spacial score (nSPS) is 14.8. The smallest absolute Gasteiger partial charge is 0.472 e.